The third-order valence-electron chi connectivity index (χ3n) is 9.63. The molecule has 1 fully saturated rings. The predicted molar refractivity (Wildman–Crippen MR) is 142 cm³/mol. The van der Waals surface area contributed by atoms with Crippen molar-refractivity contribution in [1.29, 1.82) is 5.26 Å². The van der Waals surface area contributed by atoms with E-state index in [9.17, 15) is 5.26 Å². The van der Waals surface area contributed by atoms with Crippen molar-refractivity contribution in [2.75, 3.05) is 6.61 Å². The lowest BCUT2D eigenvalue weighted by atomic mass is 9.51. The highest BCUT2D eigenvalue weighted by Gasteiger charge is 2.61. The zero-order valence-electron chi connectivity index (χ0n) is 23.3. The van der Waals surface area contributed by atoms with E-state index < -0.39 is 22.2 Å². The average molecular weight is 478 g/mol. The van der Waals surface area contributed by atoms with Crippen LogP contribution in [0.4, 0.5) is 0 Å². The molecule has 0 saturated heterocycles. The van der Waals surface area contributed by atoms with Crippen molar-refractivity contribution in [3.63, 3.8) is 0 Å². The highest BCUT2D eigenvalue weighted by molar-refractivity contribution is 6.74. The molecule has 1 saturated carbocycles. The van der Waals surface area contributed by atoms with Gasteiger partial charge in [0.25, 0.3) is 0 Å². The maximum absolute atomic E-state index is 10.5. The van der Waals surface area contributed by atoms with E-state index >= 15 is 0 Å². The Hall–Kier alpha value is -0.416. The molecule has 0 N–H and O–H groups in total. The van der Waals surface area contributed by atoms with Crippen LogP contribution in [0.1, 0.15) is 75.2 Å². The summed E-state index contributed by atoms with van der Waals surface area (Å²) in [5.74, 6) is 1.98. The van der Waals surface area contributed by atoms with Gasteiger partial charge in [0, 0.05) is 12.0 Å². The third-order valence-corrected chi connectivity index (χ3v) is 18.6. The molecule has 3 nitrogen and oxygen atoms in total. The molecule has 0 radical (unpaired) electrons. The van der Waals surface area contributed by atoms with Crippen molar-refractivity contribution in [3.05, 3.63) is 12.2 Å². The maximum Gasteiger partial charge on any atom is 0.194 e. The van der Waals surface area contributed by atoms with Gasteiger partial charge in [0.1, 0.15) is 0 Å². The first-order chi connectivity index (χ1) is 14.2. The topological polar surface area (TPSA) is 42.2 Å². The standard InChI is InChI=1S/C27H51NO2Si2/c1-20(2)23(18-29-31(10,11)24(3,4)5)22-17-26(9)15-14-21(22)16-27(26,19-28)30-32(12,13)25(6,7)8/h14-15,20-23H,16-18H2,1-13H3/t21-,22-,23-,26-,27-/m1/s1. The van der Waals surface area contributed by atoms with Crippen LogP contribution in [0.5, 0.6) is 0 Å². The molecule has 0 aromatic heterocycles. The second kappa shape index (κ2) is 8.66. The van der Waals surface area contributed by atoms with Crippen molar-refractivity contribution in [1.82, 2.24) is 0 Å². The molecule has 3 aliphatic carbocycles. The van der Waals surface area contributed by atoms with Crippen LogP contribution in [0, 0.1) is 40.4 Å². The van der Waals surface area contributed by atoms with Gasteiger partial charge in [-0.3, -0.25) is 0 Å². The number of hydrogen-bond donors (Lipinski definition) is 0. The van der Waals surface area contributed by atoms with Gasteiger partial charge < -0.3 is 8.85 Å². The van der Waals surface area contributed by atoms with Crippen molar-refractivity contribution in [2.24, 2.45) is 29.1 Å². The Morgan fingerprint density at radius 3 is 1.94 bits per heavy atom. The van der Waals surface area contributed by atoms with Crippen LogP contribution < -0.4 is 0 Å². The van der Waals surface area contributed by atoms with Crippen molar-refractivity contribution in [3.8, 4) is 6.07 Å². The summed E-state index contributed by atoms with van der Waals surface area (Å²) >= 11 is 0. The Morgan fingerprint density at radius 2 is 1.53 bits per heavy atom. The summed E-state index contributed by atoms with van der Waals surface area (Å²) < 4.78 is 13.7. The van der Waals surface area contributed by atoms with Crippen LogP contribution in [0.25, 0.3) is 0 Å². The monoisotopic (exact) mass is 477 g/mol. The zero-order valence-corrected chi connectivity index (χ0v) is 25.3. The summed E-state index contributed by atoms with van der Waals surface area (Å²) in [6, 6.07) is 2.72. The molecule has 0 aromatic carbocycles. The molecule has 0 unspecified atom stereocenters. The van der Waals surface area contributed by atoms with E-state index in [1.165, 1.54) is 0 Å². The van der Waals surface area contributed by atoms with Gasteiger partial charge in [-0.1, -0.05) is 74.5 Å². The fourth-order valence-electron chi connectivity index (χ4n) is 5.02. The number of allylic oxidation sites excluding steroid dienone is 1. The molecule has 5 atom stereocenters. The molecule has 0 heterocycles. The average Bonchev–Trinajstić information content (AvgIpc) is 2.60. The molecule has 32 heavy (non-hydrogen) atoms. The van der Waals surface area contributed by atoms with Gasteiger partial charge in [0.15, 0.2) is 22.2 Å². The van der Waals surface area contributed by atoms with Crippen LogP contribution in [-0.2, 0) is 8.85 Å². The molecule has 5 heteroatoms. The molecule has 0 amide bonds. The quantitative estimate of drug-likeness (QED) is 0.274. The molecule has 184 valence electrons. The van der Waals surface area contributed by atoms with E-state index in [-0.39, 0.29) is 15.5 Å². The minimum absolute atomic E-state index is 0.0878. The Kier molecular flexibility index (Phi) is 7.53. The number of nitrogens with zero attached hydrogens (tertiary/aromatic N) is 1. The lowest BCUT2D eigenvalue weighted by Crippen LogP contribution is -2.62. The third kappa shape index (κ3) is 4.99. The van der Waals surface area contributed by atoms with Gasteiger partial charge in [-0.2, -0.15) is 5.26 Å². The Balaban J connectivity index is 2.31. The van der Waals surface area contributed by atoms with Gasteiger partial charge >= 0.3 is 0 Å². The van der Waals surface area contributed by atoms with E-state index in [4.69, 9.17) is 8.85 Å². The Morgan fingerprint density at radius 1 is 1.00 bits per heavy atom. The molecule has 0 spiro atoms. The fraction of sp³-hybridized carbons (Fsp3) is 0.889. The Bertz CT molecular complexity index is 753. The van der Waals surface area contributed by atoms with Gasteiger partial charge in [-0.15, -0.1) is 0 Å². The fourth-order valence-corrected chi connectivity index (χ4v) is 7.60. The molecule has 0 aliphatic heterocycles. The van der Waals surface area contributed by atoms with E-state index in [0.29, 0.717) is 23.7 Å². The zero-order chi connectivity index (χ0) is 25.0. The predicted octanol–water partition coefficient (Wildman–Crippen LogP) is 8.17. The first kappa shape index (κ1) is 27.8. The second-order valence-electron chi connectivity index (χ2n) is 14.3. The summed E-state index contributed by atoms with van der Waals surface area (Å²) in [6.45, 7) is 30.8. The van der Waals surface area contributed by atoms with Crippen LogP contribution in [0.3, 0.4) is 0 Å². The van der Waals surface area contributed by atoms with Gasteiger partial charge in [0.2, 0.25) is 0 Å². The van der Waals surface area contributed by atoms with E-state index in [1.807, 2.05) is 0 Å². The van der Waals surface area contributed by atoms with Crippen molar-refractivity contribution in [2.45, 2.75) is 117 Å². The minimum atomic E-state index is -2.08. The Labute approximate surface area is 201 Å². The summed E-state index contributed by atoms with van der Waals surface area (Å²) in [5.41, 5.74) is -0.964. The summed E-state index contributed by atoms with van der Waals surface area (Å²) in [7, 11) is -3.87. The van der Waals surface area contributed by atoms with E-state index in [2.05, 4.69) is 107 Å². The second-order valence-corrected chi connectivity index (χ2v) is 23.8. The molecule has 3 rings (SSSR count). The van der Waals surface area contributed by atoms with Gasteiger partial charge in [0.05, 0.1) is 6.07 Å². The number of hydrogen-bond acceptors (Lipinski definition) is 3. The molecule has 2 bridgehead atoms. The van der Waals surface area contributed by atoms with Crippen LogP contribution in [0.2, 0.25) is 36.3 Å². The van der Waals surface area contributed by atoms with Crippen LogP contribution in [0.15, 0.2) is 12.2 Å². The maximum atomic E-state index is 10.5. The minimum Gasteiger partial charge on any atom is -0.417 e. The molecule has 3 aliphatic rings. The highest BCUT2D eigenvalue weighted by Crippen LogP contribution is 2.60. The lowest BCUT2D eigenvalue weighted by molar-refractivity contribution is -0.0853. The van der Waals surface area contributed by atoms with E-state index in [0.717, 1.165) is 19.4 Å². The largest absolute Gasteiger partial charge is 0.417 e. The van der Waals surface area contributed by atoms with Crippen LogP contribution >= 0.6 is 0 Å². The van der Waals surface area contributed by atoms with Gasteiger partial charge in [-0.05, 0) is 72.8 Å². The van der Waals surface area contributed by atoms with Crippen molar-refractivity contribution >= 4 is 16.6 Å². The molecular formula is C27H51NO2Si2. The van der Waals surface area contributed by atoms with E-state index in [1.54, 1.807) is 0 Å². The van der Waals surface area contributed by atoms with Crippen LogP contribution in [-0.4, -0.2) is 28.8 Å². The smallest absolute Gasteiger partial charge is 0.194 e. The first-order valence-electron chi connectivity index (χ1n) is 12.7. The lowest BCUT2D eigenvalue weighted by Gasteiger charge is -2.59. The number of fused-ring (bicyclic) bond motifs is 2. The molecule has 0 aromatic rings. The SMILES string of the molecule is CC(C)[C@@H](CO[Si](C)(C)C(C)(C)C)[C@@H]1C[C@@]2(C)C=C[C@@H]1C[C@]2(C#N)O[Si](C)(C)C(C)(C)C. The highest BCUT2D eigenvalue weighted by atomic mass is 28.4. The van der Waals surface area contributed by atoms with Gasteiger partial charge in [-0.25, -0.2) is 0 Å². The summed E-state index contributed by atoms with van der Waals surface area (Å²) in [4.78, 5) is 0. The van der Waals surface area contributed by atoms with Crippen molar-refractivity contribution < 1.29 is 8.85 Å². The normalized spacial score (nSPS) is 32.3. The molecular weight excluding hydrogens is 426 g/mol. The summed E-state index contributed by atoms with van der Waals surface area (Å²) in [5, 5.41) is 10.8. The number of rotatable bonds is 7. The summed E-state index contributed by atoms with van der Waals surface area (Å²) in [6.07, 6.45) is 6.55. The number of nitriles is 1. The first-order valence-corrected chi connectivity index (χ1v) is 18.5.